The highest BCUT2D eigenvalue weighted by atomic mass is 16.1. The number of rotatable bonds is 3. The number of ketones is 1. The quantitative estimate of drug-likeness (QED) is 0.806. The Morgan fingerprint density at radius 1 is 0.895 bits per heavy atom. The van der Waals surface area contributed by atoms with Gasteiger partial charge in [-0.3, -0.25) is 4.79 Å². The number of hydrogen-bond acceptors (Lipinski definition) is 2. The lowest BCUT2D eigenvalue weighted by Crippen LogP contribution is -2.21. The second-order valence-electron chi connectivity index (χ2n) is 5.62. The van der Waals surface area contributed by atoms with E-state index in [0.717, 1.165) is 16.9 Å². The molecule has 0 saturated carbocycles. The summed E-state index contributed by atoms with van der Waals surface area (Å²) < 4.78 is 0. The van der Waals surface area contributed by atoms with E-state index >= 15 is 0 Å². The zero-order valence-corrected chi connectivity index (χ0v) is 11.6. The monoisotopic (exact) mass is 253 g/mol. The molecule has 0 heterocycles. The molecule has 0 unspecified atom stereocenters. The van der Waals surface area contributed by atoms with Gasteiger partial charge >= 0.3 is 0 Å². The van der Waals surface area contributed by atoms with Crippen LogP contribution in [0.3, 0.4) is 0 Å². The van der Waals surface area contributed by atoms with Crippen LogP contribution in [0.15, 0.2) is 54.6 Å². The van der Waals surface area contributed by atoms with Crippen LogP contribution in [0.5, 0.6) is 0 Å². The van der Waals surface area contributed by atoms with Crippen molar-refractivity contribution >= 4 is 17.2 Å². The molecule has 2 aromatic rings. The summed E-state index contributed by atoms with van der Waals surface area (Å²) in [4.78, 5) is 12.4. The molecule has 0 aliphatic heterocycles. The van der Waals surface area contributed by atoms with Crippen LogP contribution >= 0.6 is 0 Å². The smallest absolute Gasteiger partial charge is 0.170 e. The molecular formula is C17H19NO. The first kappa shape index (κ1) is 13.3. The molecule has 0 radical (unpaired) electrons. The molecule has 0 fully saturated rings. The van der Waals surface area contributed by atoms with Crippen LogP contribution in [0.1, 0.15) is 31.1 Å². The van der Waals surface area contributed by atoms with E-state index in [1.807, 2.05) is 75.4 Å². The minimum atomic E-state index is -0.380. The van der Waals surface area contributed by atoms with Gasteiger partial charge in [0.15, 0.2) is 5.78 Å². The third-order valence-corrected chi connectivity index (χ3v) is 2.91. The van der Waals surface area contributed by atoms with Crippen molar-refractivity contribution in [3.05, 3.63) is 60.2 Å². The Morgan fingerprint density at radius 2 is 1.47 bits per heavy atom. The second-order valence-corrected chi connectivity index (χ2v) is 5.62. The van der Waals surface area contributed by atoms with E-state index in [4.69, 9.17) is 0 Å². The van der Waals surface area contributed by atoms with Crippen LogP contribution in [-0.4, -0.2) is 5.78 Å². The van der Waals surface area contributed by atoms with Crippen LogP contribution in [-0.2, 0) is 0 Å². The summed E-state index contributed by atoms with van der Waals surface area (Å²) in [5.41, 5.74) is 2.19. The average Bonchev–Trinajstić information content (AvgIpc) is 2.39. The Balaban J connectivity index is 2.35. The Hall–Kier alpha value is -2.09. The minimum Gasteiger partial charge on any atom is -0.355 e. The first-order chi connectivity index (χ1) is 8.98. The summed E-state index contributed by atoms with van der Waals surface area (Å²) in [5, 5.41) is 3.30. The number of para-hydroxylation sites is 2. The van der Waals surface area contributed by atoms with Crippen LogP contribution in [0.4, 0.5) is 11.4 Å². The normalized spacial score (nSPS) is 11.1. The van der Waals surface area contributed by atoms with E-state index in [-0.39, 0.29) is 11.2 Å². The van der Waals surface area contributed by atoms with Gasteiger partial charge in [0.2, 0.25) is 0 Å². The highest BCUT2D eigenvalue weighted by molar-refractivity contribution is 6.04. The van der Waals surface area contributed by atoms with Gasteiger partial charge in [-0.25, -0.2) is 0 Å². The maximum Gasteiger partial charge on any atom is 0.170 e. The molecular weight excluding hydrogens is 234 g/mol. The maximum absolute atomic E-state index is 12.4. The Labute approximate surface area is 114 Å². The number of Topliss-reactive ketones (excluding diaryl/α,β-unsaturated/α-hetero) is 1. The summed E-state index contributed by atoms with van der Waals surface area (Å²) in [6, 6.07) is 17.5. The maximum atomic E-state index is 12.4. The largest absolute Gasteiger partial charge is 0.355 e. The lowest BCUT2D eigenvalue weighted by molar-refractivity contribution is 0.0859. The minimum absolute atomic E-state index is 0.145. The number of carbonyl (C=O) groups is 1. The number of anilines is 2. The SMILES string of the molecule is CC(C)(C)C(=O)c1ccccc1Nc1ccccc1. The fourth-order valence-corrected chi connectivity index (χ4v) is 1.87. The predicted molar refractivity (Wildman–Crippen MR) is 80.0 cm³/mol. The van der Waals surface area contributed by atoms with Crippen molar-refractivity contribution in [3.8, 4) is 0 Å². The molecule has 0 atom stereocenters. The fraction of sp³-hybridized carbons (Fsp3) is 0.235. The first-order valence-electron chi connectivity index (χ1n) is 6.44. The van der Waals surface area contributed by atoms with Gasteiger partial charge in [-0.05, 0) is 24.3 Å². The van der Waals surface area contributed by atoms with Gasteiger partial charge in [0.05, 0.1) is 0 Å². The molecule has 0 spiro atoms. The summed E-state index contributed by atoms with van der Waals surface area (Å²) in [5.74, 6) is 0.145. The Bertz CT molecular complexity index is 567. The average molecular weight is 253 g/mol. The number of hydrogen-bond donors (Lipinski definition) is 1. The van der Waals surface area contributed by atoms with Gasteiger partial charge in [-0.2, -0.15) is 0 Å². The van der Waals surface area contributed by atoms with Crippen molar-refractivity contribution < 1.29 is 4.79 Å². The summed E-state index contributed by atoms with van der Waals surface area (Å²) in [6.07, 6.45) is 0. The van der Waals surface area contributed by atoms with Crippen molar-refractivity contribution in [2.24, 2.45) is 5.41 Å². The summed E-state index contributed by atoms with van der Waals surface area (Å²) in [7, 11) is 0. The molecule has 2 aromatic carbocycles. The standard InChI is InChI=1S/C17H19NO/c1-17(2,3)16(19)14-11-7-8-12-15(14)18-13-9-5-4-6-10-13/h4-12,18H,1-3H3. The van der Waals surface area contributed by atoms with E-state index in [1.165, 1.54) is 0 Å². The Kier molecular flexibility index (Phi) is 3.70. The molecule has 2 heteroatoms. The number of benzene rings is 2. The highest BCUT2D eigenvalue weighted by Gasteiger charge is 2.24. The summed E-state index contributed by atoms with van der Waals surface area (Å²) in [6.45, 7) is 5.82. The second kappa shape index (κ2) is 5.27. The molecule has 0 aliphatic rings. The van der Waals surface area contributed by atoms with Crippen LogP contribution in [0.25, 0.3) is 0 Å². The third-order valence-electron chi connectivity index (χ3n) is 2.91. The molecule has 19 heavy (non-hydrogen) atoms. The zero-order valence-electron chi connectivity index (χ0n) is 11.6. The topological polar surface area (TPSA) is 29.1 Å². The summed E-state index contributed by atoms with van der Waals surface area (Å²) >= 11 is 0. The van der Waals surface area contributed by atoms with Gasteiger partial charge < -0.3 is 5.32 Å². The van der Waals surface area contributed by atoms with E-state index in [1.54, 1.807) is 0 Å². The van der Waals surface area contributed by atoms with Gasteiger partial charge in [0.1, 0.15) is 0 Å². The molecule has 0 saturated heterocycles. The molecule has 0 amide bonds. The highest BCUT2D eigenvalue weighted by Crippen LogP contribution is 2.27. The molecule has 0 aliphatic carbocycles. The molecule has 0 aromatic heterocycles. The fourth-order valence-electron chi connectivity index (χ4n) is 1.87. The molecule has 98 valence electrons. The zero-order chi connectivity index (χ0) is 13.9. The molecule has 0 bridgehead atoms. The van der Waals surface area contributed by atoms with Crippen molar-refractivity contribution in [2.45, 2.75) is 20.8 Å². The number of nitrogens with one attached hydrogen (secondary N) is 1. The van der Waals surface area contributed by atoms with Gasteiger partial charge in [0, 0.05) is 22.4 Å². The van der Waals surface area contributed by atoms with E-state index < -0.39 is 0 Å². The van der Waals surface area contributed by atoms with Crippen molar-refractivity contribution in [3.63, 3.8) is 0 Å². The van der Waals surface area contributed by atoms with E-state index in [0.29, 0.717) is 0 Å². The van der Waals surface area contributed by atoms with E-state index in [2.05, 4.69) is 5.32 Å². The number of carbonyl (C=O) groups excluding carboxylic acids is 1. The Morgan fingerprint density at radius 3 is 2.11 bits per heavy atom. The predicted octanol–water partition coefficient (Wildman–Crippen LogP) is 4.66. The van der Waals surface area contributed by atoms with Crippen LogP contribution < -0.4 is 5.32 Å². The third kappa shape index (κ3) is 3.22. The van der Waals surface area contributed by atoms with Crippen molar-refractivity contribution in [1.29, 1.82) is 0 Å². The first-order valence-corrected chi connectivity index (χ1v) is 6.44. The lowest BCUT2D eigenvalue weighted by Gasteiger charge is -2.19. The van der Waals surface area contributed by atoms with Crippen LogP contribution in [0.2, 0.25) is 0 Å². The van der Waals surface area contributed by atoms with Crippen molar-refractivity contribution in [2.75, 3.05) is 5.32 Å². The van der Waals surface area contributed by atoms with Gasteiger partial charge in [-0.1, -0.05) is 51.1 Å². The van der Waals surface area contributed by atoms with Gasteiger partial charge in [-0.15, -0.1) is 0 Å². The molecule has 2 nitrogen and oxygen atoms in total. The molecule has 1 N–H and O–H groups in total. The van der Waals surface area contributed by atoms with Crippen LogP contribution in [0, 0.1) is 5.41 Å². The molecule has 2 rings (SSSR count). The lowest BCUT2D eigenvalue weighted by atomic mass is 9.86. The van der Waals surface area contributed by atoms with Gasteiger partial charge in [0.25, 0.3) is 0 Å². The van der Waals surface area contributed by atoms with E-state index in [9.17, 15) is 4.79 Å². The van der Waals surface area contributed by atoms with Crippen molar-refractivity contribution in [1.82, 2.24) is 0 Å².